The molecule has 2 rings (SSSR count). The number of hydrogen-bond donors (Lipinski definition) is 0. The summed E-state index contributed by atoms with van der Waals surface area (Å²) in [4.78, 5) is 22.1. The lowest BCUT2D eigenvalue weighted by molar-refractivity contribution is -0.155. The van der Waals surface area contributed by atoms with Crippen molar-refractivity contribution in [1.82, 2.24) is 0 Å². The van der Waals surface area contributed by atoms with Crippen molar-refractivity contribution in [3.8, 4) is 0 Å². The molecule has 1 atom stereocenters. The van der Waals surface area contributed by atoms with Crippen molar-refractivity contribution >= 4 is 11.9 Å². The van der Waals surface area contributed by atoms with E-state index in [1.807, 2.05) is 12.2 Å². The SMILES string of the molecule is O=C1CC2(CC=CCC2)C(=O)O1. The fraction of sp³-hybridized carbons (Fsp3) is 0.556. The predicted molar refractivity (Wildman–Crippen MR) is 41.1 cm³/mol. The number of allylic oxidation sites excluding steroid dienone is 2. The molecule has 0 aromatic carbocycles. The van der Waals surface area contributed by atoms with E-state index in [2.05, 4.69) is 4.74 Å². The van der Waals surface area contributed by atoms with E-state index in [1.54, 1.807) is 0 Å². The van der Waals surface area contributed by atoms with Crippen LogP contribution >= 0.6 is 0 Å². The largest absolute Gasteiger partial charge is 0.393 e. The number of carbonyl (C=O) groups is 2. The van der Waals surface area contributed by atoms with Gasteiger partial charge < -0.3 is 4.74 Å². The molecule has 0 amide bonds. The molecule has 1 aliphatic carbocycles. The van der Waals surface area contributed by atoms with E-state index < -0.39 is 5.41 Å². The van der Waals surface area contributed by atoms with Gasteiger partial charge in [0.2, 0.25) is 0 Å². The van der Waals surface area contributed by atoms with Crippen LogP contribution in [0, 0.1) is 5.41 Å². The minimum absolute atomic E-state index is 0.274. The molecule has 0 bridgehead atoms. The first-order valence-electron chi connectivity index (χ1n) is 4.13. The normalized spacial score (nSPS) is 34.3. The number of cyclic esters (lactones) is 2. The Bertz CT molecular complexity index is 267. The van der Waals surface area contributed by atoms with Gasteiger partial charge in [-0.2, -0.15) is 0 Å². The van der Waals surface area contributed by atoms with Gasteiger partial charge in [-0.3, -0.25) is 9.59 Å². The van der Waals surface area contributed by atoms with Crippen molar-refractivity contribution in [3.05, 3.63) is 12.2 Å². The third-order valence-electron chi connectivity index (χ3n) is 2.59. The molecule has 64 valence electrons. The third kappa shape index (κ3) is 0.967. The van der Waals surface area contributed by atoms with Crippen LogP contribution in [0.2, 0.25) is 0 Å². The average molecular weight is 166 g/mol. The summed E-state index contributed by atoms with van der Waals surface area (Å²) in [6.45, 7) is 0. The van der Waals surface area contributed by atoms with E-state index in [1.165, 1.54) is 0 Å². The first-order chi connectivity index (χ1) is 5.73. The second kappa shape index (κ2) is 2.44. The first-order valence-corrected chi connectivity index (χ1v) is 4.13. The van der Waals surface area contributed by atoms with Crippen LogP contribution in [0.1, 0.15) is 25.7 Å². The van der Waals surface area contributed by atoms with Gasteiger partial charge in [0.05, 0.1) is 11.8 Å². The minimum Gasteiger partial charge on any atom is -0.393 e. The topological polar surface area (TPSA) is 43.4 Å². The molecule has 2 aliphatic rings. The van der Waals surface area contributed by atoms with E-state index in [4.69, 9.17) is 0 Å². The van der Waals surface area contributed by atoms with Crippen LogP contribution in [0.15, 0.2) is 12.2 Å². The quantitative estimate of drug-likeness (QED) is 0.308. The van der Waals surface area contributed by atoms with Crippen LogP contribution in [0.3, 0.4) is 0 Å². The summed E-state index contributed by atoms with van der Waals surface area (Å²) in [5.41, 5.74) is -0.494. The van der Waals surface area contributed by atoms with Crippen LogP contribution in [0.5, 0.6) is 0 Å². The van der Waals surface area contributed by atoms with Crippen molar-refractivity contribution in [1.29, 1.82) is 0 Å². The van der Waals surface area contributed by atoms with E-state index in [9.17, 15) is 9.59 Å². The second-order valence-electron chi connectivity index (χ2n) is 3.43. The Labute approximate surface area is 70.4 Å². The van der Waals surface area contributed by atoms with Crippen LogP contribution in [-0.4, -0.2) is 11.9 Å². The smallest absolute Gasteiger partial charge is 0.320 e. The van der Waals surface area contributed by atoms with E-state index >= 15 is 0 Å². The van der Waals surface area contributed by atoms with Gasteiger partial charge >= 0.3 is 11.9 Å². The monoisotopic (exact) mass is 166 g/mol. The lowest BCUT2D eigenvalue weighted by Gasteiger charge is -2.23. The number of hydrogen-bond acceptors (Lipinski definition) is 3. The average Bonchev–Trinajstić information content (AvgIpc) is 2.29. The van der Waals surface area contributed by atoms with Gasteiger partial charge in [0.25, 0.3) is 0 Å². The third-order valence-corrected chi connectivity index (χ3v) is 2.59. The van der Waals surface area contributed by atoms with Gasteiger partial charge in [0.1, 0.15) is 0 Å². The minimum atomic E-state index is -0.494. The molecule has 1 fully saturated rings. The molecule has 1 aliphatic heterocycles. The summed E-state index contributed by atoms with van der Waals surface area (Å²) >= 11 is 0. The van der Waals surface area contributed by atoms with Gasteiger partial charge in [0, 0.05) is 0 Å². The van der Waals surface area contributed by atoms with Crippen LogP contribution in [0.4, 0.5) is 0 Å². The molecule has 1 saturated heterocycles. The molecule has 1 unspecified atom stereocenters. The lowest BCUT2D eigenvalue weighted by atomic mass is 9.76. The molecule has 0 radical (unpaired) electrons. The molecule has 0 saturated carbocycles. The molecule has 3 nitrogen and oxygen atoms in total. The highest BCUT2D eigenvalue weighted by Gasteiger charge is 2.48. The lowest BCUT2D eigenvalue weighted by Crippen LogP contribution is -2.27. The Morgan fingerprint density at radius 2 is 2.17 bits per heavy atom. The molecule has 0 aromatic heterocycles. The van der Waals surface area contributed by atoms with E-state index in [0.29, 0.717) is 6.42 Å². The standard InChI is InChI=1S/C9H10O3/c10-7-6-9(8(11)12-7)4-2-1-3-5-9/h1-2H,3-6H2. The maximum absolute atomic E-state index is 11.3. The molecular weight excluding hydrogens is 156 g/mol. The van der Waals surface area contributed by atoms with Gasteiger partial charge in [-0.05, 0) is 19.3 Å². The summed E-state index contributed by atoms with van der Waals surface area (Å²) in [7, 11) is 0. The maximum atomic E-state index is 11.3. The van der Waals surface area contributed by atoms with Gasteiger partial charge in [-0.15, -0.1) is 0 Å². The fourth-order valence-electron chi connectivity index (χ4n) is 1.83. The number of ether oxygens (including phenoxy) is 1. The molecule has 12 heavy (non-hydrogen) atoms. The molecule has 0 aromatic rings. The zero-order valence-corrected chi connectivity index (χ0v) is 6.71. The fourth-order valence-corrected chi connectivity index (χ4v) is 1.83. The van der Waals surface area contributed by atoms with Gasteiger partial charge in [-0.25, -0.2) is 0 Å². The molecule has 1 spiro atoms. The van der Waals surface area contributed by atoms with Crippen molar-refractivity contribution in [2.75, 3.05) is 0 Å². The summed E-state index contributed by atoms with van der Waals surface area (Å²) < 4.78 is 4.54. The Balaban J connectivity index is 2.25. The van der Waals surface area contributed by atoms with Gasteiger partial charge in [-0.1, -0.05) is 12.2 Å². The Hall–Kier alpha value is -1.12. The van der Waals surface area contributed by atoms with Crippen molar-refractivity contribution in [2.45, 2.75) is 25.7 Å². The molecule has 1 heterocycles. The summed E-state index contributed by atoms with van der Waals surface area (Å²) in [6, 6.07) is 0. The number of esters is 2. The highest BCUT2D eigenvalue weighted by molar-refractivity contribution is 5.97. The highest BCUT2D eigenvalue weighted by Crippen LogP contribution is 2.41. The second-order valence-corrected chi connectivity index (χ2v) is 3.43. The highest BCUT2D eigenvalue weighted by atomic mass is 16.6. The van der Waals surface area contributed by atoms with Crippen LogP contribution < -0.4 is 0 Å². The Kier molecular flexibility index (Phi) is 1.53. The maximum Gasteiger partial charge on any atom is 0.320 e. The van der Waals surface area contributed by atoms with E-state index in [-0.39, 0.29) is 18.4 Å². The Morgan fingerprint density at radius 3 is 2.67 bits per heavy atom. The summed E-state index contributed by atoms with van der Waals surface area (Å²) in [6.07, 6.45) is 6.58. The van der Waals surface area contributed by atoms with Crippen molar-refractivity contribution in [2.24, 2.45) is 5.41 Å². The number of rotatable bonds is 0. The van der Waals surface area contributed by atoms with E-state index in [0.717, 1.165) is 12.8 Å². The number of carbonyl (C=O) groups excluding carboxylic acids is 2. The van der Waals surface area contributed by atoms with Crippen LogP contribution in [-0.2, 0) is 14.3 Å². The van der Waals surface area contributed by atoms with Crippen molar-refractivity contribution in [3.63, 3.8) is 0 Å². The molecule has 0 N–H and O–H groups in total. The first kappa shape index (κ1) is 7.53. The summed E-state index contributed by atoms with van der Waals surface area (Å²) in [5.74, 6) is -0.688. The Morgan fingerprint density at radius 1 is 1.33 bits per heavy atom. The van der Waals surface area contributed by atoms with Crippen molar-refractivity contribution < 1.29 is 14.3 Å². The molecule has 3 heteroatoms. The zero-order valence-electron chi connectivity index (χ0n) is 6.71. The van der Waals surface area contributed by atoms with Gasteiger partial charge in [0.15, 0.2) is 0 Å². The molecular formula is C9H10O3. The predicted octanol–water partition coefficient (Wildman–Crippen LogP) is 1.19. The van der Waals surface area contributed by atoms with Crippen LogP contribution in [0.25, 0.3) is 0 Å². The summed E-state index contributed by atoms with van der Waals surface area (Å²) in [5, 5.41) is 0. The zero-order chi connectivity index (χ0) is 8.60.